The number of hydrogen-bond donors (Lipinski definition) is 1. The Hall–Kier alpha value is -1.81. The summed E-state index contributed by atoms with van der Waals surface area (Å²) >= 11 is 3.41. The largest absolute Gasteiger partial charge is 0.457 e. The molecular formula is C17H16BrNO2. The Balaban J connectivity index is 1.68. The number of halogens is 1. The number of carbonyl (C=O) groups excluding carboxylic acids is 1. The minimum absolute atomic E-state index is 0.275. The SMILES string of the molecule is O=C(OCc1cccc(Br)c1)c1ccc2c(c1)CCCN2. The smallest absolute Gasteiger partial charge is 0.338 e. The van der Waals surface area contributed by atoms with Crippen molar-refractivity contribution in [2.45, 2.75) is 19.4 Å². The molecule has 4 heteroatoms. The maximum Gasteiger partial charge on any atom is 0.338 e. The molecule has 0 saturated carbocycles. The van der Waals surface area contributed by atoms with Crippen LogP contribution in [-0.4, -0.2) is 12.5 Å². The second-order valence-electron chi connectivity index (χ2n) is 5.11. The zero-order valence-electron chi connectivity index (χ0n) is 11.6. The summed E-state index contributed by atoms with van der Waals surface area (Å²) in [4.78, 5) is 12.1. The Labute approximate surface area is 132 Å². The molecule has 3 rings (SSSR count). The van der Waals surface area contributed by atoms with E-state index >= 15 is 0 Å². The quantitative estimate of drug-likeness (QED) is 0.848. The lowest BCUT2D eigenvalue weighted by atomic mass is 10.0. The first kappa shape index (κ1) is 14.1. The molecule has 0 unspecified atom stereocenters. The second kappa shape index (κ2) is 6.31. The van der Waals surface area contributed by atoms with E-state index in [-0.39, 0.29) is 12.6 Å². The minimum atomic E-state index is -0.275. The second-order valence-corrected chi connectivity index (χ2v) is 6.02. The number of esters is 1. The van der Waals surface area contributed by atoms with Gasteiger partial charge in [-0.15, -0.1) is 0 Å². The number of aryl methyl sites for hydroxylation is 1. The van der Waals surface area contributed by atoms with Crippen LogP contribution in [0.5, 0.6) is 0 Å². The Morgan fingerprint density at radius 3 is 3.00 bits per heavy atom. The van der Waals surface area contributed by atoms with E-state index < -0.39 is 0 Å². The van der Waals surface area contributed by atoms with Crippen LogP contribution in [0.3, 0.4) is 0 Å². The molecule has 0 radical (unpaired) electrons. The molecule has 0 saturated heterocycles. The lowest BCUT2D eigenvalue weighted by Crippen LogP contribution is -2.13. The van der Waals surface area contributed by atoms with Gasteiger partial charge in [-0.1, -0.05) is 28.1 Å². The summed E-state index contributed by atoms with van der Waals surface area (Å²) in [6.45, 7) is 1.29. The fourth-order valence-electron chi connectivity index (χ4n) is 2.46. The average molecular weight is 346 g/mol. The third-order valence-corrected chi connectivity index (χ3v) is 4.03. The standard InChI is InChI=1S/C17H16BrNO2/c18-15-5-1-3-12(9-15)11-21-17(20)14-6-7-16-13(10-14)4-2-8-19-16/h1,3,5-7,9-10,19H,2,4,8,11H2. The van der Waals surface area contributed by atoms with Gasteiger partial charge in [0.15, 0.2) is 0 Å². The normalized spacial score (nSPS) is 13.2. The highest BCUT2D eigenvalue weighted by molar-refractivity contribution is 9.10. The highest BCUT2D eigenvalue weighted by Crippen LogP contribution is 2.23. The van der Waals surface area contributed by atoms with Gasteiger partial charge in [0.1, 0.15) is 6.61 Å². The summed E-state index contributed by atoms with van der Waals surface area (Å²) in [6.07, 6.45) is 2.11. The zero-order valence-corrected chi connectivity index (χ0v) is 13.2. The van der Waals surface area contributed by atoms with Crippen molar-refractivity contribution in [1.82, 2.24) is 0 Å². The van der Waals surface area contributed by atoms with Crippen LogP contribution in [0, 0.1) is 0 Å². The van der Waals surface area contributed by atoms with Crippen LogP contribution in [0.25, 0.3) is 0 Å². The van der Waals surface area contributed by atoms with Crippen LogP contribution in [0.4, 0.5) is 5.69 Å². The van der Waals surface area contributed by atoms with E-state index in [2.05, 4.69) is 21.2 Å². The summed E-state index contributed by atoms with van der Waals surface area (Å²) in [7, 11) is 0. The van der Waals surface area contributed by atoms with Crippen LogP contribution in [0.15, 0.2) is 46.9 Å². The Morgan fingerprint density at radius 1 is 1.24 bits per heavy atom. The molecule has 0 spiro atoms. The molecule has 0 amide bonds. The molecule has 1 aliphatic rings. The maximum atomic E-state index is 12.1. The van der Waals surface area contributed by atoms with Gasteiger partial charge in [0.25, 0.3) is 0 Å². The van der Waals surface area contributed by atoms with Crippen molar-refractivity contribution in [3.8, 4) is 0 Å². The first-order valence-electron chi connectivity index (χ1n) is 7.01. The number of anilines is 1. The van der Waals surface area contributed by atoms with Crippen molar-refractivity contribution in [3.05, 3.63) is 63.6 Å². The van der Waals surface area contributed by atoms with Crippen molar-refractivity contribution in [3.63, 3.8) is 0 Å². The summed E-state index contributed by atoms with van der Waals surface area (Å²) in [5.41, 5.74) is 3.91. The van der Waals surface area contributed by atoms with Crippen molar-refractivity contribution < 1.29 is 9.53 Å². The molecule has 1 heterocycles. The number of rotatable bonds is 3. The van der Waals surface area contributed by atoms with E-state index in [1.165, 1.54) is 5.56 Å². The molecule has 0 fully saturated rings. The summed E-state index contributed by atoms with van der Waals surface area (Å²) < 4.78 is 6.36. The lowest BCUT2D eigenvalue weighted by Gasteiger charge is -2.18. The fourth-order valence-corrected chi connectivity index (χ4v) is 2.91. The molecule has 0 aliphatic carbocycles. The predicted octanol–water partition coefficient (Wildman–Crippen LogP) is 4.16. The number of carbonyl (C=O) groups is 1. The van der Waals surface area contributed by atoms with E-state index in [4.69, 9.17) is 4.74 Å². The van der Waals surface area contributed by atoms with Gasteiger partial charge in [-0.2, -0.15) is 0 Å². The molecule has 0 bridgehead atoms. The van der Waals surface area contributed by atoms with Gasteiger partial charge in [-0.3, -0.25) is 0 Å². The highest BCUT2D eigenvalue weighted by Gasteiger charge is 2.13. The van der Waals surface area contributed by atoms with Crippen LogP contribution >= 0.6 is 15.9 Å². The van der Waals surface area contributed by atoms with Crippen molar-refractivity contribution in [2.75, 3.05) is 11.9 Å². The van der Waals surface area contributed by atoms with E-state index in [9.17, 15) is 4.79 Å². The number of nitrogens with one attached hydrogen (secondary N) is 1. The van der Waals surface area contributed by atoms with Crippen LogP contribution < -0.4 is 5.32 Å². The lowest BCUT2D eigenvalue weighted by molar-refractivity contribution is 0.0472. The molecule has 108 valence electrons. The van der Waals surface area contributed by atoms with Gasteiger partial charge in [0.2, 0.25) is 0 Å². The van der Waals surface area contributed by atoms with E-state index in [0.29, 0.717) is 5.56 Å². The molecule has 2 aromatic rings. The first-order chi connectivity index (χ1) is 10.2. The van der Waals surface area contributed by atoms with Gasteiger partial charge in [-0.05, 0) is 54.3 Å². The average Bonchev–Trinajstić information content (AvgIpc) is 2.52. The Morgan fingerprint density at radius 2 is 2.14 bits per heavy atom. The molecule has 1 N–H and O–H groups in total. The van der Waals surface area contributed by atoms with Gasteiger partial charge in [0.05, 0.1) is 5.56 Å². The van der Waals surface area contributed by atoms with Gasteiger partial charge < -0.3 is 10.1 Å². The number of fused-ring (bicyclic) bond motifs is 1. The van der Waals surface area contributed by atoms with E-state index in [1.54, 1.807) is 0 Å². The molecular weight excluding hydrogens is 330 g/mol. The molecule has 0 atom stereocenters. The number of hydrogen-bond acceptors (Lipinski definition) is 3. The van der Waals surface area contributed by atoms with Gasteiger partial charge in [0, 0.05) is 16.7 Å². The van der Waals surface area contributed by atoms with Crippen molar-refractivity contribution in [1.29, 1.82) is 0 Å². The Kier molecular flexibility index (Phi) is 4.25. The van der Waals surface area contributed by atoms with Crippen LogP contribution in [-0.2, 0) is 17.8 Å². The minimum Gasteiger partial charge on any atom is -0.457 e. The monoisotopic (exact) mass is 345 g/mol. The molecule has 2 aromatic carbocycles. The van der Waals surface area contributed by atoms with Gasteiger partial charge in [-0.25, -0.2) is 4.79 Å². The van der Waals surface area contributed by atoms with Crippen molar-refractivity contribution >= 4 is 27.6 Å². The van der Waals surface area contributed by atoms with Gasteiger partial charge >= 0.3 is 5.97 Å². The topological polar surface area (TPSA) is 38.3 Å². The van der Waals surface area contributed by atoms with Crippen LogP contribution in [0.1, 0.15) is 27.9 Å². The summed E-state index contributed by atoms with van der Waals surface area (Å²) in [5, 5.41) is 3.34. The zero-order chi connectivity index (χ0) is 14.7. The highest BCUT2D eigenvalue weighted by atomic mass is 79.9. The molecule has 3 nitrogen and oxygen atoms in total. The van der Waals surface area contributed by atoms with Crippen molar-refractivity contribution in [2.24, 2.45) is 0 Å². The first-order valence-corrected chi connectivity index (χ1v) is 7.80. The third kappa shape index (κ3) is 3.45. The maximum absolute atomic E-state index is 12.1. The predicted molar refractivity (Wildman–Crippen MR) is 86.5 cm³/mol. The fraction of sp³-hybridized carbons (Fsp3) is 0.235. The Bertz CT molecular complexity index is 670. The van der Waals surface area contributed by atoms with Crippen LogP contribution in [0.2, 0.25) is 0 Å². The molecule has 1 aliphatic heterocycles. The van der Waals surface area contributed by atoms with E-state index in [0.717, 1.165) is 35.1 Å². The molecule has 0 aromatic heterocycles. The summed E-state index contributed by atoms with van der Waals surface area (Å²) in [6, 6.07) is 13.5. The molecule has 21 heavy (non-hydrogen) atoms. The van der Waals surface area contributed by atoms with E-state index in [1.807, 2.05) is 42.5 Å². The third-order valence-electron chi connectivity index (χ3n) is 3.54. The number of ether oxygens (including phenoxy) is 1. The summed E-state index contributed by atoms with van der Waals surface area (Å²) in [5.74, 6) is -0.275. The number of benzene rings is 2.